The third-order valence-electron chi connectivity index (χ3n) is 6.95. The van der Waals surface area contributed by atoms with Crippen molar-refractivity contribution < 1.29 is 14.0 Å². The molecule has 5 heteroatoms. The third-order valence-corrected chi connectivity index (χ3v) is 6.95. The molecule has 0 aromatic heterocycles. The zero-order valence-electron chi connectivity index (χ0n) is 17.4. The first-order valence-corrected chi connectivity index (χ1v) is 10.6. The summed E-state index contributed by atoms with van der Waals surface area (Å²) >= 11 is 0. The lowest BCUT2D eigenvalue weighted by atomic mass is 9.76. The third kappa shape index (κ3) is 3.98. The van der Waals surface area contributed by atoms with Crippen LogP contribution >= 0.6 is 0 Å². The molecule has 0 aliphatic carbocycles. The average Bonchev–Trinajstić information content (AvgIpc) is 3.21. The molecule has 4 nitrogen and oxygen atoms in total. The van der Waals surface area contributed by atoms with Gasteiger partial charge >= 0.3 is 7.12 Å². The maximum atomic E-state index is 6.30. The van der Waals surface area contributed by atoms with Crippen LogP contribution in [0.4, 0.5) is 0 Å². The molecule has 0 unspecified atom stereocenters. The maximum Gasteiger partial charge on any atom is 0.494 e. The molecule has 3 aliphatic rings. The van der Waals surface area contributed by atoms with Crippen LogP contribution in [0.25, 0.3) is 0 Å². The van der Waals surface area contributed by atoms with Crippen molar-refractivity contribution in [1.82, 2.24) is 4.90 Å². The monoisotopic (exact) mass is 371 g/mol. The SMILES string of the molecule is CC1(C)OB(c2ccc(C3CCOCC3)c(CN3CCCC3)c2)OC1(C)C. The predicted molar refractivity (Wildman–Crippen MR) is 109 cm³/mol. The summed E-state index contributed by atoms with van der Waals surface area (Å²) in [7, 11) is -0.281. The summed E-state index contributed by atoms with van der Waals surface area (Å²) in [5.41, 5.74) is 3.51. The second-order valence-electron chi connectivity index (χ2n) is 9.42. The highest BCUT2D eigenvalue weighted by molar-refractivity contribution is 6.62. The Labute approximate surface area is 164 Å². The Kier molecular flexibility index (Phi) is 5.41. The van der Waals surface area contributed by atoms with E-state index in [2.05, 4.69) is 50.8 Å². The zero-order valence-corrected chi connectivity index (χ0v) is 17.4. The van der Waals surface area contributed by atoms with E-state index in [0.717, 1.165) is 38.1 Å². The maximum absolute atomic E-state index is 6.30. The minimum absolute atomic E-state index is 0.281. The average molecular weight is 371 g/mol. The highest BCUT2D eigenvalue weighted by Crippen LogP contribution is 2.37. The van der Waals surface area contributed by atoms with Gasteiger partial charge in [0.05, 0.1) is 11.2 Å². The Morgan fingerprint density at radius 3 is 2.26 bits per heavy atom. The van der Waals surface area contributed by atoms with E-state index < -0.39 is 0 Å². The van der Waals surface area contributed by atoms with E-state index >= 15 is 0 Å². The molecule has 3 aliphatic heterocycles. The van der Waals surface area contributed by atoms with Gasteiger partial charge < -0.3 is 14.0 Å². The van der Waals surface area contributed by atoms with Gasteiger partial charge in [-0.15, -0.1) is 0 Å². The molecule has 3 heterocycles. The van der Waals surface area contributed by atoms with Crippen LogP contribution in [0.5, 0.6) is 0 Å². The fourth-order valence-electron chi connectivity index (χ4n) is 4.48. The molecule has 0 radical (unpaired) electrons. The molecular weight excluding hydrogens is 337 g/mol. The second kappa shape index (κ2) is 7.51. The fourth-order valence-corrected chi connectivity index (χ4v) is 4.48. The summed E-state index contributed by atoms with van der Waals surface area (Å²) in [6.45, 7) is 13.7. The summed E-state index contributed by atoms with van der Waals surface area (Å²) in [6.07, 6.45) is 4.90. The Morgan fingerprint density at radius 1 is 1.00 bits per heavy atom. The number of rotatable bonds is 4. The first kappa shape index (κ1) is 19.4. The lowest BCUT2D eigenvalue weighted by Crippen LogP contribution is -2.41. The summed E-state index contributed by atoms with van der Waals surface area (Å²) in [5.74, 6) is 0.615. The van der Waals surface area contributed by atoms with Gasteiger partial charge in [0.1, 0.15) is 0 Å². The largest absolute Gasteiger partial charge is 0.494 e. The van der Waals surface area contributed by atoms with Crippen molar-refractivity contribution in [2.75, 3.05) is 26.3 Å². The van der Waals surface area contributed by atoms with Crippen molar-refractivity contribution in [3.05, 3.63) is 29.3 Å². The predicted octanol–water partition coefficient (Wildman–Crippen LogP) is 3.48. The minimum Gasteiger partial charge on any atom is -0.399 e. The van der Waals surface area contributed by atoms with E-state index in [-0.39, 0.29) is 18.3 Å². The van der Waals surface area contributed by atoms with Crippen LogP contribution in [-0.4, -0.2) is 49.5 Å². The van der Waals surface area contributed by atoms with Crippen LogP contribution in [-0.2, 0) is 20.6 Å². The number of ether oxygens (including phenoxy) is 1. The molecule has 0 bridgehead atoms. The lowest BCUT2D eigenvalue weighted by molar-refractivity contribution is 0.00578. The molecule has 0 N–H and O–H groups in total. The quantitative estimate of drug-likeness (QED) is 0.759. The Morgan fingerprint density at radius 2 is 1.63 bits per heavy atom. The molecule has 1 aromatic carbocycles. The first-order chi connectivity index (χ1) is 12.9. The van der Waals surface area contributed by atoms with E-state index in [4.69, 9.17) is 14.0 Å². The summed E-state index contributed by atoms with van der Waals surface area (Å²) in [4.78, 5) is 2.59. The van der Waals surface area contributed by atoms with Crippen molar-refractivity contribution in [2.24, 2.45) is 0 Å². The number of nitrogens with zero attached hydrogens (tertiary/aromatic N) is 1. The molecule has 0 atom stereocenters. The Bertz CT molecular complexity index is 648. The van der Waals surface area contributed by atoms with Crippen molar-refractivity contribution in [1.29, 1.82) is 0 Å². The van der Waals surface area contributed by atoms with E-state index in [1.54, 1.807) is 0 Å². The molecule has 148 valence electrons. The van der Waals surface area contributed by atoms with Gasteiger partial charge in [0, 0.05) is 19.8 Å². The van der Waals surface area contributed by atoms with E-state index in [0.29, 0.717) is 5.92 Å². The number of hydrogen-bond acceptors (Lipinski definition) is 4. The molecule has 3 fully saturated rings. The van der Waals surface area contributed by atoms with Crippen LogP contribution in [0, 0.1) is 0 Å². The van der Waals surface area contributed by atoms with Gasteiger partial charge in [-0.25, -0.2) is 0 Å². The van der Waals surface area contributed by atoms with Crippen LogP contribution in [0.2, 0.25) is 0 Å². The highest BCUT2D eigenvalue weighted by atomic mass is 16.7. The number of likely N-dealkylation sites (tertiary alicyclic amines) is 1. The molecule has 0 saturated carbocycles. The van der Waals surface area contributed by atoms with Crippen molar-refractivity contribution in [2.45, 2.75) is 77.0 Å². The first-order valence-electron chi connectivity index (χ1n) is 10.6. The van der Waals surface area contributed by atoms with E-state index in [1.165, 1.54) is 37.1 Å². The fraction of sp³-hybridized carbons (Fsp3) is 0.727. The second-order valence-corrected chi connectivity index (χ2v) is 9.42. The molecule has 3 saturated heterocycles. The van der Waals surface area contributed by atoms with Gasteiger partial charge in [0.15, 0.2) is 0 Å². The Hall–Kier alpha value is -0.875. The van der Waals surface area contributed by atoms with E-state index in [9.17, 15) is 0 Å². The smallest absolute Gasteiger partial charge is 0.399 e. The molecular formula is C22H34BNO3. The zero-order chi connectivity index (χ0) is 19.1. The van der Waals surface area contributed by atoms with Gasteiger partial charge in [-0.1, -0.05) is 18.2 Å². The van der Waals surface area contributed by atoms with Crippen LogP contribution in [0.15, 0.2) is 18.2 Å². The molecule has 4 rings (SSSR count). The number of hydrogen-bond donors (Lipinski definition) is 0. The molecule has 1 aromatic rings. The Balaban J connectivity index is 1.61. The normalized spacial score (nSPS) is 26.0. The van der Waals surface area contributed by atoms with Gasteiger partial charge in [-0.3, -0.25) is 4.90 Å². The topological polar surface area (TPSA) is 30.9 Å². The van der Waals surface area contributed by atoms with Crippen molar-refractivity contribution >= 4 is 12.6 Å². The van der Waals surface area contributed by atoms with Crippen molar-refractivity contribution in [3.8, 4) is 0 Å². The van der Waals surface area contributed by atoms with Gasteiger partial charge in [-0.2, -0.15) is 0 Å². The van der Waals surface area contributed by atoms with Crippen LogP contribution < -0.4 is 5.46 Å². The molecule has 27 heavy (non-hydrogen) atoms. The lowest BCUT2D eigenvalue weighted by Gasteiger charge is -2.32. The standard InChI is InChI=1S/C22H34BNO3/c1-21(2)22(3,4)27-23(26-21)19-7-8-20(17-9-13-25-14-10-17)18(15-19)16-24-11-5-6-12-24/h7-8,15,17H,5-6,9-14,16H2,1-4H3. The number of benzene rings is 1. The summed E-state index contributed by atoms with van der Waals surface area (Å²) in [5, 5.41) is 0. The minimum atomic E-state index is -0.299. The molecule has 0 spiro atoms. The van der Waals surface area contributed by atoms with E-state index in [1.807, 2.05) is 0 Å². The summed E-state index contributed by atoms with van der Waals surface area (Å²) < 4.78 is 18.2. The van der Waals surface area contributed by atoms with Crippen LogP contribution in [0.1, 0.15) is 70.4 Å². The highest BCUT2D eigenvalue weighted by Gasteiger charge is 2.51. The van der Waals surface area contributed by atoms with Gasteiger partial charge in [0.25, 0.3) is 0 Å². The summed E-state index contributed by atoms with van der Waals surface area (Å²) in [6, 6.07) is 6.91. The van der Waals surface area contributed by atoms with Gasteiger partial charge in [-0.05, 0) is 89.0 Å². The molecule has 0 amide bonds. The van der Waals surface area contributed by atoms with Crippen LogP contribution in [0.3, 0.4) is 0 Å². The van der Waals surface area contributed by atoms with Crippen molar-refractivity contribution in [3.63, 3.8) is 0 Å². The van der Waals surface area contributed by atoms with Gasteiger partial charge in [0.2, 0.25) is 0 Å².